The number of fused-ring (bicyclic) bond motifs is 1. The van der Waals surface area contributed by atoms with E-state index in [1.807, 2.05) is 32.0 Å². The van der Waals surface area contributed by atoms with E-state index in [1.165, 1.54) is 30.9 Å². The molecule has 0 spiro atoms. The van der Waals surface area contributed by atoms with Crippen LogP contribution in [0.4, 0.5) is 17.1 Å². The van der Waals surface area contributed by atoms with Crippen LogP contribution in [0.25, 0.3) is 16.6 Å². The minimum absolute atomic E-state index is 0.0376. The van der Waals surface area contributed by atoms with Crippen molar-refractivity contribution in [1.82, 2.24) is 9.55 Å². The molecule has 0 bridgehead atoms. The second-order valence-corrected chi connectivity index (χ2v) is 9.78. The second kappa shape index (κ2) is 13.0. The molecule has 0 aliphatic carbocycles. The summed E-state index contributed by atoms with van der Waals surface area (Å²) in [5, 5.41) is 6.48. The Morgan fingerprint density at radius 1 is 0.932 bits per heavy atom. The third-order valence-corrected chi connectivity index (χ3v) is 6.90. The SMILES string of the molecule is CCNc1ccc(/N=C(\C(=O)Nc2cc(C(=O)OC)ccc2OC)c2nc3ccccc3c(=O)n2-c2ccccc2)c(C)c1. The van der Waals surface area contributed by atoms with Gasteiger partial charge in [0.25, 0.3) is 11.5 Å². The Kier molecular flexibility index (Phi) is 8.80. The molecule has 10 nitrogen and oxygen atoms in total. The van der Waals surface area contributed by atoms with Crippen LogP contribution in [0, 0.1) is 6.92 Å². The van der Waals surface area contributed by atoms with Gasteiger partial charge in [-0.3, -0.25) is 14.2 Å². The first-order valence-corrected chi connectivity index (χ1v) is 13.9. The summed E-state index contributed by atoms with van der Waals surface area (Å²) in [5.41, 5.74) is 3.07. The van der Waals surface area contributed by atoms with Gasteiger partial charge < -0.3 is 20.1 Å². The van der Waals surface area contributed by atoms with Crippen LogP contribution < -0.4 is 20.9 Å². The van der Waals surface area contributed by atoms with Gasteiger partial charge in [0.15, 0.2) is 11.5 Å². The van der Waals surface area contributed by atoms with Crippen LogP contribution >= 0.6 is 0 Å². The monoisotopic (exact) mass is 589 g/mol. The molecule has 0 aliphatic heterocycles. The number of hydrogen-bond acceptors (Lipinski definition) is 8. The van der Waals surface area contributed by atoms with Gasteiger partial charge in [0.2, 0.25) is 0 Å². The largest absolute Gasteiger partial charge is 0.495 e. The minimum Gasteiger partial charge on any atom is -0.495 e. The van der Waals surface area contributed by atoms with Crippen LogP contribution in [0.3, 0.4) is 0 Å². The topological polar surface area (TPSA) is 124 Å². The summed E-state index contributed by atoms with van der Waals surface area (Å²) in [6.45, 7) is 4.63. The predicted octanol–water partition coefficient (Wildman–Crippen LogP) is 5.68. The number of amides is 1. The molecule has 4 aromatic carbocycles. The van der Waals surface area contributed by atoms with E-state index in [1.54, 1.807) is 60.7 Å². The molecule has 0 saturated carbocycles. The molecule has 222 valence electrons. The van der Waals surface area contributed by atoms with Crippen molar-refractivity contribution in [2.45, 2.75) is 13.8 Å². The first kappa shape index (κ1) is 29.7. The Hall–Kier alpha value is -5.77. The van der Waals surface area contributed by atoms with Crippen molar-refractivity contribution in [1.29, 1.82) is 0 Å². The van der Waals surface area contributed by atoms with Gasteiger partial charge in [-0.25, -0.2) is 14.8 Å². The number of esters is 1. The fourth-order valence-electron chi connectivity index (χ4n) is 4.76. The molecule has 0 fully saturated rings. The maximum atomic E-state index is 14.3. The van der Waals surface area contributed by atoms with Gasteiger partial charge in [0, 0.05) is 12.2 Å². The normalized spacial score (nSPS) is 11.2. The molecule has 0 aliphatic rings. The van der Waals surface area contributed by atoms with Gasteiger partial charge in [0.1, 0.15) is 5.75 Å². The number of anilines is 2. The maximum Gasteiger partial charge on any atom is 0.337 e. The van der Waals surface area contributed by atoms with Crippen molar-refractivity contribution in [2.75, 3.05) is 31.4 Å². The van der Waals surface area contributed by atoms with Crippen LogP contribution in [-0.2, 0) is 9.53 Å². The lowest BCUT2D eigenvalue weighted by molar-refractivity contribution is -0.110. The summed E-state index contributed by atoms with van der Waals surface area (Å²) < 4.78 is 11.7. The molecule has 5 rings (SSSR count). The van der Waals surface area contributed by atoms with Crippen LogP contribution in [0.2, 0.25) is 0 Å². The van der Waals surface area contributed by atoms with Crippen LogP contribution in [0.5, 0.6) is 5.75 Å². The van der Waals surface area contributed by atoms with Gasteiger partial charge >= 0.3 is 5.97 Å². The van der Waals surface area contributed by atoms with Gasteiger partial charge in [-0.15, -0.1) is 0 Å². The fraction of sp³-hybridized carbons (Fsp3) is 0.147. The molecule has 1 heterocycles. The molecule has 1 amide bonds. The molecule has 0 saturated heterocycles. The number of para-hydroxylation sites is 2. The Balaban J connectivity index is 1.76. The zero-order chi connectivity index (χ0) is 31.2. The number of nitrogens with one attached hydrogen (secondary N) is 2. The van der Waals surface area contributed by atoms with E-state index in [0.717, 1.165) is 17.8 Å². The highest BCUT2D eigenvalue weighted by Crippen LogP contribution is 2.28. The van der Waals surface area contributed by atoms with Crippen molar-refractivity contribution in [3.63, 3.8) is 0 Å². The van der Waals surface area contributed by atoms with Crippen molar-refractivity contribution in [3.05, 3.63) is 118 Å². The van der Waals surface area contributed by atoms with E-state index >= 15 is 0 Å². The molecule has 0 unspecified atom stereocenters. The van der Waals surface area contributed by atoms with Crippen LogP contribution in [0.1, 0.15) is 28.7 Å². The first-order chi connectivity index (χ1) is 21.3. The summed E-state index contributed by atoms with van der Waals surface area (Å²) in [6.07, 6.45) is 0. The number of aryl methyl sites for hydroxylation is 1. The Labute approximate surface area is 254 Å². The average molecular weight is 590 g/mol. The number of ether oxygens (including phenoxy) is 2. The quantitative estimate of drug-likeness (QED) is 0.167. The Morgan fingerprint density at radius 3 is 2.39 bits per heavy atom. The average Bonchev–Trinajstić information content (AvgIpc) is 3.04. The van der Waals surface area contributed by atoms with Gasteiger partial charge in [0.05, 0.1) is 47.7 Å². The molecule has 5 aromatic rings. The highest BCUT2D eigenvalue weighted by atomic mass is 16.5. The summed E-state index contributed by atoms with van der Waals surface area (Å²) in [6, 6.07) is 26.0. The number of aromatic nitrogens is 2. The van der Waals surface area contributed by atoms with E-state index in [2.05, 4.69) is 10.6 Å². The lowest BCUT2D eigenvalue weighted by atomic mass is 10.1. The van der Waals surface area contributed by atoms with Gasteiger partial charge in [-0.1, -0.05) is 30.3 Å². The smallest absolute Gasteiger partial charge is 0.337 e. The summed E-state index contributed by atoms with van der Waals surface area (Å²) in [7, 11) is 2.72. The molecule has 10 heteroatoms. The highest BCUT2D eigenvalue weighted by molar-refractivity contribution is 6.48. The zero-order valence-corrected chi connectivity index (χ0v) is 24.8. The lowest BCUT2D eigenvalue weighted by Gasteiger charge is -2.17. The minimum atomic E-state index is -0.674. The zero-order valence-electron chi connectivity index (χ0n) is 24.8. The first-order valence-electron chi connectivity index (χ1n) is 13.9. The van der Waals surface area contributed by atoms with E-state index in [0.29, 0.717) is 28.0 Å². The van der Waals surface area contributed by atoms with Crippen LogP contribution in [-0.4, -0.2) is 47.9 Å². The molecule has 1 aromatic heterocycles. The molecule has 0 radical (unpaired) electrons. The highest BCUT2D eigenvalue weighted by Gasteiger charge is 2.25. The van der Waals surface area contributed by atoms with E-state index < -0.39 is 11.9 Å². The predicted molar refractivity (Wildman–Crippen MR) is 172 cm³/mol. The second-order valence-electron chi connectivity index (χ2n) is 9.78. The van der Waals surface area contributed by atoms with Gasteiger partial charge in [-0.05, 0) is 80.1 Å². The number of carbonyl (C=O) groups is 2. The number of methoxy groups -OCH3 is 2. The van der Waals surface area contributed by atoms with E-state index in [9.17, 15) is 14.4 Å². The molecular weight excluding hydrogens is 558 g/mol. The van der Waals surface area contributed by atoms with Gasteiger partial charge in [-0.2, -0.15) is 0 Å². The fourth-order valence-corrected chi connectivity index (χ4v) is 4.76. The number of benzene rings is 4. The van der Waals surface area contributed by atoms with Crippen molar-refractivity contribution in [2.24, 2.45) is 4.99 Å². The Bertz CT molecular complexity index is 1950. The standard InChI is InChI=1S/C34H31N5O5/c1-5-35-23-16-17-26(21(2)19-23)36-30(32(40)38-28-20-22(34(42)44-4)15-18-29(28)43-3)31-37-27-14-10-9-13-25(27)33(41)39(31)24-11-7-6-8-12-24/h6-20,35H,5H2,1-4H3,(H,38,40)/b36-30-. The molecule has 0 atom stereocenters. The number of carbonyl (C=O) groups excluding carboxylic acids is 2. The third-order valence-electron chi connectivity index (χ3n) is 6.90. The number of rotatable bonds is 9. The van der Waals surface area contributed by atoms with E-state index in [-0.39, 0.29) is 28.3 Å². The summed E-state index contributed by atoms with van der Waals surface area (Å²) in [4.78, 5) is 50.1. The number of aliphatic imine (C=N–C) groups is 1. The molecule has 44 heavy (non-hydrogen) atoms. The maximum absolute atomic E-state index is 14.3. The lowest BCUT2D eigenvalue weighted by Crippen LogP contribution is -2.33. The number of hydrogen-bond donors (Lipinski definition) is 2. The molecular formula is C34H31N5O5. The van der Waals surface area contributed by atoms with Crippen molar-refractivity contribution < 1.29 is 19.1 Å². The van der Waals surface area contributed by atoms with Crippen molar-refractivity contribution in [3.8, 4) is 11.4 Å². The summed E-state index contributed by atoms with van der Waals surface area (Å²) >= 11 is 0. The van der Waals surface area contributed by atoms with Crippen LogP contribution in [0.15, 0.2) is 101 Å². The number of nitrogens with zero attached hydrogens (tertiary/aromatic N) is 3. The Morgan fingerprint density at radius 2 is 1.68 bits per heavy atom. The molecule has 2 N–H and O–H groups in total. The summed E-state index contributed by atoms with van der Waals surface area (Å²) in [5.74, 6) is -0.908. The van der Waals surface area contributed by atoms with Crippen molar-refractivity contribution >= 4 is 45.6 Å². The third kappa shape index (κ3) is 6.05. The van der Waals surface area contributed by atoms with E-state index in [4.69, 9.17) is 19.5 Å².